The summed E-state index contributed by atoms with van der Waals surface area (Å²) in [6, 6.07) is 3.75. The highest BCUT2D eigenvalue weighted by Gasteiger charge is 2.28. The van der Waals surface area contributed by atoms with Gasteiger partial charge < -0.3 is 9.80 Å². The molecule has 0 saturated carbocycles. The summed E-state index contributed by atoms with van der Waals surface area (Å²) in [7, 11) is 0. The van der Waals surface area contributed by atoms with E-state index < -0.39 is 0 Å². The second kappa shape index (κ2) is 7.27. The van der Waals surface area contributed by atoms with Gasteiger partial charge in [-0.3, -0.25) is 19.3 Å². The van der Waals surface area contributed by atoms with Gasteiger partial charge in [0.15, 0.2) is 0 Å². The standard InChI is InChI=1S/C19H23N5O2/c25-18(12-15-4-3-6-20-13-15)22-8-10-23(11-9-22)19(26)16-14-21-24-7-2-1-5-17(16)24/h3-4,6,13-14H,1-2,5,7-12H2. The number of carbonyl (C=O) groups excluding carboxylic acids is 2. The summed E-state index contributed by atoms with van der Waals surface area (Å²) in [6.45, 7) is 3.20. The third-order valence-electron chi connectivity index (χ3n) is 5.21. The van der Waals surface area contributed by atoms with Crippen LogP contribution in [0, 0.1) is 0 Å². The fraction of sp³-hybridized carbons (Fsp3) is 0.474. The van der Waals surface area contributed by atoms with Crippen LogP contribution in [-0.2, 0) is 24.2 Å². The molecule has 0 unspecified atom stereocenters. The number of aryl methyl sites for hydroxylation is 1. The van der Waals surface area contributed by atoms with Crippen molar-refractivity contribution in [2.45, 2.75) is 32.2 Å². The summed E-state index contributed by atoms with van der Waals surface area (Å²) in [4.78, 5) is 33.0. The number of hydrogen-bond donors (Lipinski definition) is 0. The first-order valence-corrected chi connectivity index (χ1v) is 9.23. The molecule has 2 aliphatic heterocycles. The number of pyridine rings is 1. The van der Waals surface area contributed by atoms with E-state index in [0.29, 0.717) is 32.6 Å². The molecule has 0 aromatic carbocycles. The molecule has 2 aliphatic rings. The van der Waals surface area contributed by atoms with Crippen molar-refractivity contribution in [1.82, 2.24) is 24.6 Å². The smallest absolute Gasteiger partial charge is 0.257 e. The van der Waals surface area contributed by atoms with Crippen LogP contribution in [0.2, 0.25) is 0 Å². The van der Waals surface area contributed by atoms with Crippen molar-refractivity contribution in [3.8, 4) is 0 Å². The van der Waals surface area contributed by atoms with E-state index in [1.807, 2.05) is 26.6 Å². The lowest BCUT2D eigenvalue weighted by Crippen LogP contribution is -2.51. The summed E-state index contributed by atoms with van der Waals surface area (Å²) in [5.41, 5.74) is 2.72. The van der Waals surface area contributed by atoms with Crippen LogP contribution >= 0.6 is 0 Å². The Morgan fingerprint density at radius 1 is 1.00 bits per heavy atom. The second-order valence-electron chi connectivity index (χ2n) is 6.90. The summed E-state index contributed by atoms with van der Waals surface area (Å²) >= 11 is 0. The number of amides is 2. The summed E-state index contributed by atoms with van der Waals surface area (Å²) < 4.78 is 1.96. The van der Waals surface area contributed by atoms with Gasteiger partial charge in [-0.2, -0.15) is 5.10 Å². The van der Waals surface area contributed by atoms with E-state index in [2.05, 4.69) is 10.1 Å². The van der Waals surface area contributed by atoms with Crippen LogP contribution < -0.4 is 0 Å². The molecule has 1 saturated heterocycles. The molecule has 4 heterocycles. The zero-order valence-electron chi connectivity index (χ0n) is 14.8. The van der Waals surface area contributed by atoms with Gasteiger partial charge in [-0.05, 0) is 30.9 Å². The fourth-order valence-corrected chi connectivity index (χ4v) is 3.72. The lowest BCUT2D eigenvalue weighted by atomic mass is 10.1. The minimum atomic E-state index is 0.0486. The Morgan fingerprint density at radius 3 is 2.58 bits per heavy atom. The van der Waals surface area contributed by atoms with Crippen LogP contribution in [0.1, 0.15) is 34.5 Å². The van der Waals surface area contributed by atoms with Crippen molar-refractivity contribution in [2.75, 3.05) is 26.2 Å². The molecule has 2 aromatic heterocycles. The molecule has 7 nitrogen and oxygen atoms in total. The molecule has 26 heavy (non-hydrogen) atoms. The van der Waals surface area contributed by atoms with Crippen molar-refractivity contribution >= 4 is 11.8 Å². The number of rotatable bonds is 3. The zero-order valence-corrected chi connectivity index (χ0v) is 14.8. The monoisotopic (exact) mass is 353 g/mol. The topological polar surface area (TPSA) is 71.3 Å². The average Bonchev–Trinajstić information content (AvgIpc) is 3.12. The Labute approximate surface area is 152 Å². The summed E-state index contributed by atoms with van der Waals surface area (Å²) in [6.07, 6.45) is 8.66. The maximum Gasteiger partial charge on any atom is 0.257 e. The molecule has 2 amide bonds. The number of hydrogen-bond acceptors (Lipinski definition) is 4. The van der Waals surface area contributed by atoms with Gasteiger partial charge in [0.25, 0.3) is 5.91 Å². The number of piperazine rings is 1. The molecular formula is C19H23N5O2. The molecule has 2 aromatic rings. The van der Waals surface area contributed by atoms with Crippen LogP contribution in [0.3, 0.4) is 0 Å². The SMILES string of the molecule is O=C(Cc1cccnc1)N1CCN(C(=O)c2cnn3c2CCCC3)CC1. The Hall–Kier alpha value is -2.70. The minimum absolute atomic E-state index is 0.0486. The Morgan fingerprint density at radius 2 is 1.81 bits per heavy atom. The van der Waals surface area contributed by atoms with Gasteiger partial charge in [0.2, 0.25) is 5.91 Å². The normalized spacial score (nSPS) is 17.1. The van der Waals surface area contributed by atoms with E-state index in [4.69, 9.17) is 0 Å². The molecule has 4 rings (SSSR count). The lowest BCUT2D eigenvalue weighted by Gasteiger charge is -2.35. The van der Waals surface area contributed by atoms with E-state index in [-0.39, 0.29) is 11.8 Å². The van der Waals surface area contributed by atoms with Crippen LogP contribution in [0.5, 0.6) is 0 Å². The zero-order chi connectivity index (χ0) is 17.9. The number of fused-ring (bicyclic) bond motifs is 1. The number of nitrogens with zero attached hydrogens (tertiary/aromatic N) is 5. The van der Waals surface area contributed by atoms with Crippen molar-refractivity contribution in [1.29, 1.82) is 0 Å². The van der Waals surface area contributed by atoms with Crippen molar-refractivity contribution < 1.29 is 9.59 Å². The highest BCUT2D eigenvalue weighted by Crippen LogP contribution is 2.20. The Balaban J connectivity index is 1.35. The molecule has 0 bridgehead atoms. The Bertz CT molecular complexity index is 794. The van der Waals surface area contributed by atoms with E-state index >= 15 is 0 Å². The second-order valence-corrected chi connectivity index (χ2v) is 6.90. The molecular weight excluding hydrogens is 330 g/mol. The molecule has 0 radical (unpaired) electrons. The van der Waals surface area contributed by atoms with Gasteiger partial charge in [-0.15, -0.1) is 0 Å². The summed E-state index contributed by atoms with van der Waals surface area (Å²) in [5.74, 6) is 0.139. The molecule has 0 N–H and O–H groups in total. The first-order valence-electron chi connectivity index (χ1n) is 9.23. The molecule has 136 valence electrons. The maximum atomic E-state index is 12.9. The maximum absolute atomic E-state index is 12.9. The van der Waals surface area contributed by atoms with Crippen LogP contribution in [0.4, 0.5) is 0 Å². The first kappa shape index (κ1) is 16.8. The quantitative estimate of drug-likeness (QED) is 0.830. The fourth-order valence-electron chi connectivity index (χ4n) is 3.72. The number of aromatic nitrogens is 3. The van der Waals surface area contributed by atoms with E-state index in [9.17, 15) is 9.59 Å². The van der Waals surface area contributed by atoms with Crippen LogP contribution in [0.25, 0.3) is 0 Å². The largest absolute Gasteiger partial charge is 0.339 e. The summed E-state index contributed by atoms with van der Waals surface area (Å²) in [5, 5.41) is 4.36. The van der Waals surface area contributed by atoms with Crippen molar-refractivity contribution in [2.24, 2.45) is 0 Å². The molecule has 1 fully saturated rings. The van der Waals surface area contributed by atoms with Gasteiger partial charge in [-0.25, -0.2) is 0 Å². The molecule has 7 heteroatoms. The molecule has 0 spiro atoms. The predicted octanol–water partition coefficient (Wildman–Crippen LogP) is 1.14. The van der Waals surface area contributed by atoms with Gasteiger partial charge in [-0.1, -0.05) is 6.07 Å². The van der Waals surface area contributed by atoms with Crippen molar-refractivity contribution in [3.05, 3.63) is 47.5 Å². The molecule has 0 atom stereocenters. The van der Waals surface area contributed by atoms with Gasteiger partial charge >= 0.3 is 0 Å². The van der Waals surface area contributed by atoms with Gasteiger partial charge in [0.05, 0.1) is 23.9 Å². The van der Waals surface area contributed by atoms with Crippen molar-refractivity contribution in [3.63, 3.8) is 0 Å². The number of carbonyl (C=O) groups is 2. The highest BCUT2D eigenvalue weighted by molar-refractivity contribution is 5.95. The lowest BCUT2D eigenvalue weighted by molar-refractivity contribution is -0.131. The van der Waals surface area contributed by atoms with E-state index in [1.54, 1.807) is 18.6 Å². The van der Waals surface area contributed by atoms with Gasteiger partial charge in [0, 0.05) is 45.1 Å². The molecule has 0 aliphatic carbocycles. The predicted molar refractivity (Wildman–Crippen MR) is 95.6 cm³/mol. The third kappa shape index (κ3) is 3.34. The van der Waals surface area contributed by atoms with Crippen LogP contribution in [0.15, 0.2) is 30.7 Å². The van der Waals surface area contributed by atoms with Gasteiger partial charge in [0.1, 0.15) is 0 Å². The third-order valence-corrected chi connectivity index (χ3v) is 5.21. The van der Waals surface area contributed by atoms with Crippen LogP contribution in [-0.4, -0.2) is 62.6 Å². The first-order chi connectivity index (χ1) is 12.7. The highest BCUT2D eigenvalue weighted by atomic mass is 16.2. The average molecular weight is 353 g/mol. The minimum Gasteiger partial charge on any atom is -0.339 e. The van der Waals surface area contributed by atoms with E-state index in [0.717, 1.165) is 42.6 Å². The Kier molecular flexibility index (Phi) is 4.69. The van der Waals surface area contributed by atoms with E-state index in [1.165, 1.54) is 0 Å².